The largest absolute Gasteiger partial charge is 0.135 e. The molecule has 15 rings (SSSR count). The molecule has 1 heteroatoms. The SMILES string of the molecule is c1ccc2c(-c3ccc4ccc5c(-c6ccc7c(c6)sc6cc(-c8ccc9ccc%10c(-c%11cccc%12ccccc%11%12)ccc%11ccc8c9c%11%10)ccc67)ccc6ccc3c4c65)cccc2c1. The Bertz CT molecular complexity index is 4170. The molecule has 0 aliphatic carbocycles. The van der Waals surface area contributed by atoms with Gasteiger partial charge in [0.2, 0.25) is 0 Å². The Balaban J connectivity index is 0.859. The Labute approximate surface area is 378 Å². The maximum Gasteiger partial charge on any atom is 0.0361 e. The van der Waals surface area contributed by atoms with E-state index in [0.717, 1.165) is 0 Å². The third kappa shape index (κ3) is 5.02. The Morgan fingerprint density at radius 3 is 0.954 bits per heavy atom. The molecule has 15 aromatic rings. The van der Waals surface area contributed by atoms with Crippen LogP contribution in [0.2, 0.25) is 0 Å². The highest BCUT2D eigenvalue weighted by Crippen LogP contribution is 2.47. The minimum absolute atomic E-state index is 1.26. The van der Waals surface area contributed by atoms with Crippen molar-refractivity contribution >= 4 is 118 Å². The molecule has 0 saturated heterocycles. The third-order valence-electron chi connectivity index (χ3n) is 14.6. The summed E-state index contributed by atoms with van der Waals surface area (Å²) >= 11 is 1.91. The Hall–Kier alpha value is -8.10. The predicted molar refractivity (Wildman–Crippen MR) is 283 cm³/mol. The zero-order chi connectivity index (χ0) is 42.3. The molecule has 0 aliphatic heterocycles. The van der Waals surface area contributed by atoms with Gasteiger partial charge in [-0.15, -0.1) is 11.3 Å². The minimum atomic E-state index is 1.26. The molecule has 65 heavy (non-hydrogen) atoms. The van der Waals surface area contributed by atoms with Crippen LogP contribution in [0.4, 0.5) is 0 Å². The number of thiophene rings is 1. The van der Waals surface area contributed by atoms with Crippen LogP contribution in [0.15, 0.2) is 218 Å². The lowest BCUT2D eigenvalue weighted by Gasteiger charge is -2.17. The van der Waals surface area contributed by atoms with E-state index in [4.69, 9.17) is 0 Å². The highest BCUT2D eigenvalue weighted by molar-refractivity contribution is 7.25. The van der Waals surface area contributed by atoms with Crippen molar-refractivity contribution in [2.45, 2.75) is 0 Å². The molecule has 0 unspecified atom stereocenters. The predicted octanol–water partition coefficient (Wildman–Crippen LogP) is 18.8. The monoisotopic (exact) mass is 836 g/mol. The van der Waals surface area contributed by atoms with Gasteiger partial charge in [-0.1, -0.05) is 206 Å². The second-order valence-corrected chi connectivity index (χ2v) is 19.0. The molecule has 0 aliphatic rings. The summed E-state index contributed by atoms with van der Waals surface area (Å²) in [6.45, 7) is 0. The van der Waals surface area contributed by atoms with Crippen LogP contribution in [0.25, 0.3) is 151 Å². The summed E-state index contributed by atoms with van der Waals surface area (Å²) in [7, 11) is 0. The van der Waals surface area contributed by atoms with Crippen LogP contribution < -0.4 is 0 Å². The van der Waals surface area contributed by atoms with Crippen molar-refractivity contribution in [3.05, 3.63) is 218 Å². The van der Waals surface area contributed by atoms with E-state index in [1.807, 2.05) is 11.3 Å². The number of rotatable bonds is 4. The van der Waals surface area contributed by atoms with E-state index in [0.29, 0.717) is 0 Å². The molecule has 1 heterocycles. The number of benzene rings is 14. The van der Waals surface area contributed by atoms with Crippen LogP contribution in [0, 0.1) is 0 Å². The van der Waals surface area contributed by atoms with Crippen molar-refractivity contribution in [3.63, 3.8) is 0 Å². The molecular formula is C64H36S. The van der Waals surface area contributed by atoms with Gasteiger partial charge >= 0.3 is 0 Å². The third-order valence-corrected chi connectivity index (χ3v) is 15.7. The topological polar surface area (TPSA) is 0 Å². The molecule has 0 atom stereocenters. The zero-order valence-corrected chi connectivity index (χ0v) is 36.0. The van der Waals surface area contributed by atoms with Crippen LogP contribution in [-0.2, 0) is 0 Å². The quantitative estimate of drug-likeness (QED) is 0.155. The van der Waals surface area contributed by atoms with E-state index >= 15 is 0 Å². The smallest absolute Gasteiger partial charge is 0.0361 e. The fraction of sp³-hybridized carbons (Fsp3) is 0. The number of hydrogen-bond donors (Lipinski definition) is 0. The van der Waals surface area contributed by atoms with Crippen molar-refractivity contribution in [2.75, 3.05) is 0 Å². The Morgan fingerprint density at radius 2 is 0.523 bits per heavy atom. The summed E-state index contributed by atoms with van der Waals surface area (Å²) in [5, 5.41) is 23.5. The van der Waals surface area contributed by atoms with Crippen molar-refractivity contribution in [1.82, 2.24) is 0 Å². The molecular weight excluding hydrogens is 801 g/mol. The van der Waals surface area contributed by atoms with Gasteiger partial charge < -0.3 is 0 Å². The van der Waals surface area contributed by atoms with E-state index in [-0.39, 0.29) is 0 Å². The Morgan fingerprint density at radius 1 is 0.200 bits per heavy atom. The average molecular weight is 837 g/mol. The molecule has 298 valence electrons. The minimum Gasteiger partial charge on any atom is -0.135 e. The Kier molecular flexibility index (Phi) is 7.19. The van der Waals surface area contributed by atoms with E-state index in [1.54, 1.807) is 0 Å². The molecule has 0 nitrogen and oxygen atoms in total. The second kappa shape index (κ2) is 13.2. The van der Waals surface area contributed by atoms with Crippen LogP contribution in [-0.4, -0.2) is 0 Å². The van der Waals surface area contributed by atoms with E-state index in [9.17, 15) is 0 Å². The second-order valence-electron chi connectivity index (χ2n) is 17.9. The molecule has 0 spiro atoms. The molecule has 0 bridgehead atoms. The first-order valence-corrected chi connectivity index (χ1v) is 23.4. The summed E-state index contributed by atoms with van der Waals surface area (Å²) in [5.74, 6) is 0. The van der Waals surface area contributed by atoms with Gasteiger partial charge in [-0.05, 0) is 143 Å². The normalized spacial score (nSPS) is 12.3. The van der Waals surface area contributed by atoms with Gasteiger partial charge in [0.05, 0.1) is 0 Å². The average Bonchev–Trinajstić information content (AvgIpc) is 3.74. The number of fused-ring (bicyclic) bond motifs is 5. The van der Waals surface area contributed by atoms with Crippen LogP contribution in [0.5, 0.6) is 0 Å². The molecule has 0 radical (unpaired) electrons. The number of hydrogen-bond acceptors (Lipinski definition) is 1. The highest BCUT2D eigenvalue weighted by atomic mass is 32.1. The van der Waals surface area contributed by atoms with Gasteiger partial charge in [0.1, 0.15) is 0 Å². The fourth-order valence-corrected chi connectivity index (χ4v) is 12.8. The van der Waals surface area contributed by atoms with Gasteiger partial charge in [-0.3, -0.25) is 0 Å². The standard InChI is InChI=1S/C64H36S/c1-3-11-45-37(7-1)9-5-13-49(45)51-27-17-41-19-31-55-47(25-15-39-21-33-57(51)63(41)61(39)55)43-23-29-53-54-30-24-44(36-60(54)65-59(53)35-43)48-26-16-40-22-34-58-52(28-18-42-20-32-56(48)62(40)64(42)58)50-14-6-10-38-8-2-4-12-46(38)50/h1-36H. The maximum atomic E-state index is 2.43. The summed E-state index contributed by atoms with van der Waals surface area (Å²) < 4.78 is 2.63. The molecule has 0 N–H and O–H groups in total. The van der Waals surface area contributed by atoms with Gasteiger partial charge in [-0.25, -0.2) is 0 Å². The fourth-order valence-electron chi connectivity index (χ4n) is 11.6. The van der Waals surface area contributed by atoms with Crippen molar-refractivity contribution in [3.8, 4) is 44.5 Å². The first kappa shape index (κ1) is 35.4. The molecule has 1 aromatic heterocycles. The lowest BCUT2D eigenvalue weighted by Crippen LogP contribution is -1.90. The highest BCUT2D eigenvalue weighted by Gasteiger charge is 2.19. The summed E-state index contributed by atoms with van der Waals surface area (Å²) in [6, 6.07) is 82.3. The van der Waals surface area contributed by atoms with Crippen molar-refractivity contribution < 1.29 is 0 Å². The summed E-state index contributed by atoms with van der Waals surface area (Å²) in [6.07, 6.45) is 0. The summed E-state index contributed by atoms with van der Waals surface area (Å²) in [4.78, 5) is 0. The van der Waals surface area contributed by atoms with E-state index in [2.05, 4.69) is 218 Å². The maximum absolute atomic E-state index is 2.43. The molecule has 0 saturated carbocycles. The lowest BCUT2D eigenvalue weighted by atomic mass is 9.86. The van der Waals surface area contributed by atoms with E-state index < -0.39 is 0 Å². The van der Waals surface area contributed by atoms with E-state index in [1.165, 1.54) is 151 Å². The van der Waals surface area contributed by atoms with Gasteiger partial charge in [0.15, 0.2) is 0 Å². The van der Waals surface area contributed by atoms with Crippen LogP contribution in [0.3, 0.4) is 0 Å². The lowest BCUT2D eigenvalue weighted by molar-refractivity contribution is 1.69. The first-order valence-electron chi connectivity index (χ1n) is 22.6. The summed E-state index contributed by atoms with van der Waals surface area (Å²) in [5.41, 5.74) is 10.2. The van der Waals surface area contributed by atoms with Gasteiger partial charge in [0.25, 0.3) is 0 Å². The van der Waals surface area contributed by atoms with Gasteiger partial charge in [-0.2, -0.15) is 0 Å². The molecule has 0 amide bonds. The van der Waals surface area contributed by atoms with Crippen molar-refractivity contribution in [1.29, 1.82) is 0 Å². The van der Waals surface area contributed by atoms with Crippen LogP contribution in [0.1, 0.15) is 0 Å². The first-order chi connectivity index (χ1) is 32.2. The molecule has 14 aromatic carbocycles. The van der Waals surface area contributed by atoms with Crippen LogP contribution >= 0.6 is 11.3 Å². The van der Waals surface area contributed by atoms with Gasteiger partial charge in [0, 0.05) is 20.2 Å². The van der Waals surface area contributed by atoms with Crippen molar-refractivity contribution in [2.24, 2.45) is 0 Å². The zero-order valence-electron chi connectivity index (χ0n) is 35.2. The molecule has 0 fully saturated rings.